The summed E-state index contributed by atoms with van der Waals surface area (Å²) < 4.78 is 45.1. The number of sulfonamides is 1. The lowest BCUT2D eigenvalue weighted by atomic mass is 9.85. The van der Waals surface area contributed by atoms with Gasteiger partial charge in [-0.1, -0.05) is 26.8 Å². The Morgan fingerprint density at radius 3 is 2.61 bits per heavy atom. The quantitative estimate of drug-likeness (QED) is 0.359. The number of rotatable bonds is 7. The van der Waals surface area contributed by atoms with Crippen LogP contribution in [-0.4, -0.2) is 91.4 Å². The van der Waals surface area contributed by atoms with Gasteiger partial charge in [0.15, 0.2) is 0 Å². The molecule has 1 aromatic heterocycles. The molecule has 3 heterocycles. The molecule has 2 aliphatic carbocycles. The number of nitrogens with zero attached hydrogens (tertiary/aromatic N) is 2. The molecule has 3 N–H and O–H groups in total. The number of hydrogen-bond acceptors (Lipinski definition) is 10. The van der Waals surface area contributed by atoms with Crippen LogP contribution in [0.25, 0.3) is 10.8 Å². The van der Waals surface area contributed by atoms with Crippen molar-refractivity contribution in [3.8, 4) is 11.6 Å². The molecule has 14 nitrogen and oxygen atoms in total. The van der Waals surface area contributed by atoms with Crippen LogP contribution in [0.3, 0.4) is 0 Å². The molecule has 2 aliphatic heterocycles. The van der Waals surface area contributed by atoms with E-state index in [0.29, 0.717) is 31.6 Å². The second-order valence-electron chi connectivity index (χ2n) is 15.1. The molecule has 0 unspecified atom stereocenters. The molecular weight excluding hydrogens is 678 g/mol. The van der Waals surface area contributed by atoms with Crippen LogP contribution in [0, 0.1) is 11.3 Å². The first-order chi connectivity index (χ1) is 24.2. The number of alkyl carbamates (subject to hydrolysis) is 1. The summed E-state index contributed by atoms with van der Waals surface area (Å²) in [5, 5.41) is 6.48. The Bertz CT molecular complexity index is 1840. The van der Waals surface area contributed by atoms with Gasteiger partial charge in [0, 0.05) is 23.9 Å². The summed E-state index contributed by atoms with van der Waals surface area (Å²) >= 11 is 0. The Labute approximate surface area is 298 Å². The Kier molecular flexibility index (Phi) is 9.96. The molecule has 3 fully saturated rings. The van der Waals surface area contributed by atoms with Crippen LogP contribution in [0.1, 0.15) is 71.3 Å². The number of hydrogen-bond donors (Lipinski definition) is 3. The number of aryl methyl sites for hydroxylation is 1. The van der Waals surface area contributed by atoms with Crippen LogP contribution in [0.15, 0.2) is 37.1 Å². The zero-order valence-electron chi connectivity index (χ0n) is 29.5. The number of carbonyl (C=O) groups is 4. The van der Waals surface area contributed by atoms with E-state index in [1.165, 1.54) is 11.0 Å². The minimum atomic E-state index is -3.89. The predicted molar refractivity (Wildman–Crippen MR) is 187 cm³/mol. The fourth-order valence-electron chi connectivity index (χ4n) is 6.98. The van der Waals surface area contributed by atoms with Crippen LogP contribution in [0.2, 0.25) is 0 Å². The molecule has 276 valence electrons. The molecule has 0 spiro atoms. The molecule has 1 aromatic carbocycles. The summed E-state index contributed by atoms with van der Waals surface area (Å²) in [4.78, 5) is 61.0. The SMILES string of the molecule is C=C[C@@H]1C[C@]1(NC(=O)[C@@H]1C[C@@H]2CN1C(=O)[C@H](C(C)(C)C)NC(=O)OCCCCCc1cc3c(nccc3cc1OC)O2)C(=O)NS(=O)(=O)C1CC1. The van der Waals surface area contributed by atoms with Gasteiger partial charge in [-0.2, -0.15) is 0 Å². The molecule has 2 saturated carbocycles. The van der Waals surface area contributed by atoms with Crippen molar-refractivity contribution in [2.75, 3.05) is 20.3 Å². The van der Waals surface area contributed by atoms with Crippen molar-refractivity contribution < 1.29 is 41.8 Å². The second-order valence-corrected chi connectivity index (χ2v) is 17.0. The van der Waals surface area contributed by atoms with Crippen LogP contribution >= 0.6 is 0 Å². The van der Waals surface area contributed by atoms with Gasteiger partial charge in [-0.25, -0.2) is 18.2 Å². The zero-order chi connectivity index (χ0) is 36.7. The number of benzene rings is 1. The third-order valence-electron chi connectivity index (χ3n) is 10.2. The predicted octanol–water partition coefficient (Wildman–Crippen LogP) is 3.13. The van der Waals surface area contributed by atoms with E-state index < -0.39 is 74.1 Å². The lowest BCUT2D eigenvalue weighted by Crippen LogP contribution is -2.60. The van der Waals surface area contributed by atoms with E-state index in [-0.39, 0.29) is 26.0 Å². The number of methoxy groups -OCH3 is 1. The molecular formula is C36H47N5O9S. The summed E-state index contributed by atoms with van der Waals surface area (Å²) in [6.45, 7) is 9.30. The van der Waals surface area contributed by atoms with Gasteiger partial charge in [0.2, 0.25) is 27.7 Å². The maximum Gasteiger partial charge on any atom is 0.407 e. The average molecular weight is 726 g/mol. The van der Waals surface area contributed by atoms with Gasteiger partial charge >= 0.3 is 6.09 Å². The van der Waals surface area contributed by atoms with Gasteiger partial charge in [-0.3, -0.25) is 19.1 Å². The Hall–Kier alpha value is -4.40. The van der Waals surface area contributed by atoms with Crippen molar-refractivity contribution in [3.63, 3.8) is 0 Å². The van der Waals surface area contributed by atoms with E-state index in [9.17, 15) is 27.6 Å². The van der Waals surface area contributed by atoms with Crippen LogP contribution in [-0.2, 0) is 35.6 Å². The number of aromatic nitrogens is 1. The van der Waals surface area contributed by atoms with Crippen LogP contribution in [0.5, 0.6) is 11.6 Å². The largest absolute Gasteiger partial charge is 0.496 e. The summed E-state index contributed by atoms with van der Waals surface area (Å²) in [5.41, 5.74) is -1.37. The summed E-state index contributed by atoms with van der Waals surface area (Å²) in [7, 11) is -2.27. The van der Waals surface area contributed by atoms with E-state index in [4.69, 9.17) is 14.2 Å². The highest BCUT2D eigenvalue weighted by molar-refractivity contribution is 7.91. The number of amides is 4. The molecule has 5 atom stereocenters. The van der Waals surface area contributed by atoms with Gasteiger partial charge in [-0.15, -0.1) is 6.58 Å². The fraction of sp³-hybridized carbons (Fsp3) is 0.583. The van der Waals surface area contributed by atoms with Crippen LogP contribution < -0.4 is 24.8 Å². The van der Waals surface area contributed by atoms with Crippen molar-refractivity contribution in [2.24, 2.45) is 11.3 Å². The highest BCUT2D eigenvalue weighted by Gasteiger charge is 2.62. The Balaban J connectivity index is 1.34. The van der Waals surface area contributed by atoms with Crippen molar-refractivity contribution in [1.29, 1.82) is 0 Å². The van der Waals surface area contributed by atoms with Crippen molar-refractivity contribution >= 4 is 44.6 Å². The third-order valence-corrected chi connectivity index (χ3v) is 12.0. The molecule has 4 aliphatic rings. The number of pyridine rings is 1. The smallest absolute Gasteiger partial charge is 0.407 e. The van der Waals surface area contributed by atoms with Crippen molar-refractivity contribution in [2.45, 2.75) is 101 Å². The normalized spacial score (nSPS) is 27.3. The first-order valence-electron chi connectivity index (χ1n) is 17.5. The lowest BCUT2D eigenvalue weighted by Gasteiger charge is -2.35. The van der Waals surface area contributed by atoms with Crippen molar-refractivity contribution in [1.82, 2.24) is 25.2 Å². The lowest BCUT2D eigenvalue weighted by molar-refractivity contribution is -0.142. The number of cyclic esters (lactones) is 1. The first kappa shape index (κ1) is 36.4. The van der Waals surface area contributed by atoms with E-state index >= 15 is 0 Å². The summed E-state index contributed by atoms with van der Waals surface area (Å²) in [6.07, 6.45) is 5.73. The molecule has 2 aromatic rings. The monoisotopic (exact) mass is 725 g/mol. The van der Waals surface area contributed by atoms with Gasteiger partial charge in [0.05, 0.1) is 25.5 Å². The maximum atomic E-state index is 14.4. The molecule has 0 radical (unpaired) electrons. The number of carbonyl (C=O) groups excluding carboxylic acids is 4. The van der Waals surface area contributed by atoms with Crippen LogP contribution in [0.4, 0.5) is 4.79 Å². The highest BCUT2D eigenvalue weighted by atomic mass is 32.2. The van der Waals surface area contributed by atoms with E-state index in [0.717, 1.165) is 34.9 Å². The molecule has 4 amide bonds. The number of ether oxygens (including phenoxy) is 3. The zero-order valence-corrected chi connectivity index (χ0v) is 30.3. The minimum absolute atomic E-state index is 0.0263. The minimum Gasteiger partial charge on any atom is -0.496 e. The Morgan fingerprint density at radius 2 is 1.94 bits per heavy atom. The fourth-order valence-corrected chi connectivity index (χ4v) is 8.35. The van der Waals surface area contributed by atoms with E-state index in [1.807, 2.05) is 18.2 Å². The highest BCUT2D eigenvalue weighted by Crippen LogP contribution is 2.45. The summed E-state index contributed by atoms with van der Waals surface area (Å²) in [6, 6.07) is 3.57. The van der Waals surface area contributed by atoms with E-state index in [2.05, 4.69) is 26.9 Å². The van der Waals surface area contributed by atoms with Gasteiger partial charge in [0.1, 0.15) is 29.5 Å². The topological polar surface area (TPSA) is 182 Å². The number of fused-ring (bicyclic) bond motifs is 3. The molecule has 1 saturated heterocycles. The molecule has 15 heteroatoms. The summed E-state index contributed by atoms with van der Waals surface area (Å²) in [5.74, 6) is -1.47. The molecule has 51 heavy (non-hydrogen) atoms. The average Bonchev–Trinajstić information content (AvgIpc) is 4.00. The standard InChI is InChI=1S/C36H47N5O9S/c1-6-23-19-36(23,33(44)40-51(46,47)25-11-12-25)39-30(42)27-18-24-20-41(27)32(43)29(35(2,3)4)38-34(45)49-15-9-7-8-10-22-16-26-21(17-28(22)48-5)13-14-37-31(26)50-24/h6,13-14,16-17,23-25,27,29H,1,7-12,15,18-20H2,2-5H3,(H,38,45)(H,39,42)(H,40,44)/t23-,24-,27+,29-,36-/m1/s1. The van der Waals surface area contributed by atoms with Crippen molar-refractivity contribution in [3.05, 3.63) is 42.6 Å². The molecule has 4 bridgehead atoms. The molecule has 6 rings (SSSR count). The Morgan fingerprint density at radius 1 is 1.18 bits per heavy atom. The van der Waals surface area contributed by atoms with E-state index in [1.54, 1.807) is 34.1 Å². The second kappa shape index (κ2) is 14.0. The maximum absolute atomic E-state index is 14.4. The third kappa shape index (κ3) is 7.63. The first-order valence-corrected chi connectivity index (χ1v) is 19.1. The number of nitrogens with one attached hydrogen (secondary N) is 3. The van der Waals surface area contributed by atoms with Gasteiger partial charge in [0.25, 0.3) is 5.91 Å². The van der Waals surface area contributed by atoms with Gasteiger partial charge in [-0.05, 0) is 79.5 Å². The van der Waals surface area contributed by atoms with Gasteiger partial charge < -0.3 is 29.7 Å².